The van der Waals surface area contributed by atoms with E-state index >= 15 is 0 Å². The summed E-state index contributed by atoms with van der Waals surface area (Å²) in [5.41, 5.74) is 0. The number of carbonyl (C=O) groups is 1. The van der Waals surface area contributed by atoms with Gasteiger partial charge in [0, 0.05) is 26.1 Å². The number of nitrogens with one attached hydrogen (secondary N) is 1. The van der Waals surface area contributed by atoms with Crippen LogP contribution in [0, 0.1) is 5.92 Å². The zero-order valence-electron chi connectivity index (χ0n) is 13.0. The first-order chi connectivity index (χ1) is 10.5. The largest absolute Gasteiger partial charge is 0.469 e. The molecular formula is C15H24N2O4S. The number of rotatable bonds is 7. The number of furan rings is 1. The van der Waals surface area contributed by atoms with Gasteiger partial charge in [0.25, 0.3) is 0 Å². The highest BCUT2D eigenvalue weighted by Gasteiger charge is 2.31. The van der Waals surface area contributed by atoms with Gasteiger partial charge in [-0.05, 0) is 38.3 Å². The number of hydrogen-bond donors (Lipinski definition) is 1. The van der Waals surface area contributed by atoms with E-state index in [0.29, 0.717) is 19.6 Å². The van der Waals surface area contributed by atoms with Gasteiger partial charge in [0.1, 0.15) is 5.76 Å². The van der Waals surface area contributed by atoms with E-state index in [2.05, 4.69) is 5.32 Å². The summed E-state index contributed by atoms with van der Waals surface area (Å²) in [6.45, 7) is 3.04. The van der Waals surface area contributed by atoms with E-state index in [0.717, 1.165) is 31.4 Å². The molecule has 0 saturated carbocycles. The lowest BCUT2D eigenvalue weighted by molar-refractivity contribution is -0.126. The van der Waals surface area contributed by atoms with Gasteiger partial charge in [0.15, 0.2) is 0 Å². The molecule has 1 fully saturated rings. The molecule has 124 valence electrons. The molecule has 1 atom stereocenters. The minimum atomic E-state index is -3.20. The molecule has 1 amide bonds. The Kier molecular flexibility index (Phi) is 6.02. The summed E-state index contributed by atoms with van der Waals surface area (Å²) in [6, 6.07) is 3.76. The minimum Gasteiger partial charge on any atom is -0.469 e. The van der Waals surface area contributed by atoms with Gasteiger partial charge in [-0.15, -0.1) is 0 Å². The van der Waals surface area contributed by atoms with Crippen molar-refractivity contribution in [1.82, 2.24) is 9.62 Å². The van der Waals surface area contributed by atoms with Crippen molar-refractivity contribution < 1.29 is 17.6 Å². The van der Waals surface area contributed by atoms with Crippen molar-refractivity contribution in [3.8, 4) is 0 Å². The Morgan fingerprint density at radius 1 is 1.50 bits per heavy atom. The summed E-state index contributed by atoms with van der Waals surface area (Å²) < 4.78 is 30.5. The summed E-state index contributed by atoms with van der Waals surface area (Å²) in [6.07, 6.45) is 4.72. The number of aryl methyl sites for hydroxylation is 1. The molecule has 1 aromatic rings. The number of piperidine rings is 1. The third-order valence-corrected chi connectivity index (χ3v) is 5.84. The van der Waals surface area contributed by atoms with Crippen molar-refractivity contribution >= 4 is 15.9 Å². The summed E-state index contributed by atoms with van der Waals surface area (Å²) >= 11 is 0. The molecule has 1 aliphatic heterocycles. The molecule has 0 spiro atoms. The molecule has 0 radical (unpaired) electrons. The van der Waals surface area contributed by atoms with E-state index < -0.39 is 10.0 Å². The minimum absolute atomic E-state index is 0.0459. The van der Waals surface area contributed by atoms with Crippen LogP contribution >= 0.6 is 0 Å². The van der Waals surface area contributed by atoms with Gasteiger partial charge < -0.3 is 9.73 Å². The fraction of sp³-hybridized carbons (Fsp3) is 0.667. The normalized spacial score (nSPS) is 20.0. The molecular weight excluding hydrogens is 304 g/mol. The second-order valence-electron chi connectivity index (χ2n) is 5.57. The highest BCUT2D eigenvalue weighted by atomic mass is 32.2. The Morgan fingerprint density at radius 3 is 3.00 bits per heavy atom. The van der Waals surface area contributed by atoms with E-state index in [9.17, 15) is 13.2 Å². The molecule has 0 aliphatic carbocycles. The molecule has 6 nitrogen and oxygen atoms in total. The van der Waals surface area contributed by atoms with Crippen molar-refractivity contribution in [2.45, 2.75) is 32.6 Å². The van der Waals surface area contributed by atoms with Crippen molar-refractivity contribution in [2.75, 3.05) is 25.4 Å². The first-order valence-electron chi connectivity index (χ1n) is 7.81. The summed E-state index contributed by atoms with van der Waals surface area (Å²) in [5.74, 6) is 0.714. The zero-order chi connectivity index (χ0) is 16.0. The van der Waals surface area contributed by atoms with E-state index in [4.69, 9.17) is 4.42 Å². The maximum atomic E-state index is 12.2. The Bertz CT molecular complexity index is 568. The third-order valence-electron chi connectivity index (χ3n) is 3.99. The van der Waals surface area contributed by atoms with Gasteiger partial charge in [-0.25, -0.2) is 12.7 Å². The first-order valence-corrected chi connectivity index (χ1v) is 9.41. The number of amides is 1. The van der Waals surface area contributed by atoms with Crippen LogP contribution in [0.4, 0.5) is 0 Å². The van der Waals surface area contributed by atoms with Crippen LogP contribution in [0.15, 0.2) is 22.8 Å². The quantitative estimate of drug-likeness (QED) is 0.767. The number of nitrogens with zero attached hydrogens (tertiary/aromatic N) is 1. The molecule has 2 rings (SSSR count). The Labute approximate surface area is 131 Å². The monoisotopic (exact) mass is 328 g/mol. The van der Waals surface area contributed by atoms with E-state index in [1.54, 1.807) is 13.2 Å². The maximum Gasteiger partial charge on any atom is 0.224 e. The van der Waals surface area contributed by atoms with Crippen LogP contribution in [0.2, 0.25) is 0 Å². The molecule has 1 saturated heterocycles. The molecule has 0 bridgehead atoms. The maximum absolute atomic E-state index is 12.2. The highest BCUT2D eigenvalue weighted by molar-refractivity contribution is 7.89. The summed E-state index contributed by atoms with van der Waals surface area (Å²) in [7, 11) is -3.20. The predicted octanol–water partition coefficient (Wildman–Crippen LogP) is 1.39. The summed E-state index contributed by atoms with van der Waals surface area (Å²) in [4.78, 5) is 12.2. The molecule has 0 unspecified atom stereocenters. The molecule has 2 heterocycles. The SMILES string of the molecule is CCS(=O)(=O)N1CCC[C@@H](C(=O)NCCCc2ccco2)C1. The fourth-order valence-electron chi connectivity index (χ4n) is 2.67. The van der Waals surface area contributed by atoms with Gasteiger partial charge in [-0.1, -0.05) is 0 Å². The third kappa shape index (κ3) is 4.58. The van der Waals surface area contributed by atoms with Gasteiger partial charge in [0.2, 0.25) is 15.9 Å². The topological polar surface area (TPSA) is 79.6 Å². The van der Waals surface area contributed by atoms with Gasteiger partial charge in [-0.3, -0.25) is 4.79 Å². The molecule has 0 aromatic carbocycles. The van der Waals surface area contributed by atoms with Crippen LogP contribution in [-0.4, -0.2) is 44.0 Å². The van der Waals surface area contributed by atoms with Crippen LogP contribution in [0.5, 0.6) is 0 Å². The lowest BCUT2D eigenvalue weighted by atomic mass is 9.99. The van der Waals surface area contributed by atoms with Crippen molar-refractivity contribution in [3.05, 3.63) is 24.2 Å². The van der Waals surface area contributed by atoms with Crippen LogP contribution in [0.3, 0.4) is 0 Å². The van der Waals surface area contributed by atoms with Gasteiger partial charge >= 0.3 is 0 Å². The average Bonchev–Trinajstić information content (AvgIpc) is 3.05. The van der Waals surface area contributed by atoms with Crippen LogP contribution in [0.25, 0.3) is 0 Å². The van der Waals surface area contributed by atoms with Gasteiger partial charge in [-0.2, -0.15) is 0 Å². The van der Waals surface area contributed by atoms with Crippen molar-refractivity contribution in [1.29, 1.82) is 0 Å². The molecule has 1 aliphatic rings. The Balaban J connectivity index is 1.74. The predicted molar refractivity (Wildman–Crippen MR) is 83.8 cm³/mol. The van der Waals surface area contributed by atoms with E-state index in [1.165, 1.54) is 4.31 Å². The summed E-state index contributed by atoms with van der Waals surface area (Å²) in [5, 5.41) is 2.90. The molecule has 1 aromatic heterocycles. The highest BCUT2D eigenvalue weighted by Crippen LogP contribution is 2.19. The van der Waals surface area contributed by atoms with Gasteiger partial charge in [0.05, 0.1) is 17.9 Å². The van der Waals surface area contributed by atoms with Crippen LogP contribution < -0.4 is 5.32 Å². The second kappa shape index (κ2) is 7.78. The molecule has 22 heavy (non-hydrogen) atoms. The number of hydrogen-bond acceptors (Lipinski definition) is 4. The van der Waals surface area contributed by atoms with E-state index in [-0.39, 0.29) is 17.6 Å². The van der Waals surface area contributed by atoms with Crippen LogP contribution in [0.1, 0.15) is 31.9 Å². The Hall–Kier alpha value is -1.34. The standard InChI is InChI=1S/C15H24N2O4S/c1-2-22(19,20)17-10-4-6-13(12-17)15(18)16-9-3-7-14-8-5-11-21-14/h5,8,11,13H,2-4,6-7,9-10,12H2,1H3,(H,16,18)/t13-/m1/s1. The van der Waals surface area contributed by atoms with Crippen molar-refractivity contribution in [3.63, 3.8) is 0 Å². The first kappa shape index (κ1) is 17.0. The van der Waals surface area contributed by atoms with Crippen LogP contribution in [-0.2, 0) is 21.2 Å². The fourth-order valence-corrected chi connectivity index (χ4v) is 3.84. The zero-order valence-corrected chi connectivity index (χ0v) is 13.8. The lowest BCUT2D eigenvalue weighted by Crippen LogP contribution is -2.46. The number of carbonyl (C=O) groups excluding carboxylic acids is 1. The average molecular weight is 328 g/mol. The second-order valence-corrected chi connectivity index (χ2v) is 7.83. The smallest absolute Gasteiger partial charge is 0.224 e. The lowest BCUT2D eigenvalue weighted by Gasteiger charge is -2.30. The van der Waals surface area contributed by atoms with E-state index in [1.807, 2.05) is 12.1 Å². The number of sulfonamides is 1. The Morgan fingerprint density at radius 2 is 2.32 bits per heavy atom. The molecule has 7 heteroatoms. The molecule has 1 N–H and O–H groups in total. The van der Waals surface area contributed by atoms with Crippen molar-refractivity contribution in [2.24, 2.45) is 5.92 Å².